The van der Waals surface area contributed by atoms with E-state index in [1.807, 2.05) is 6.08 Å². The van der Waals surface area contributed by atoms with Gasteiger partial charge in [0, 0.05) is 12.2 Å². The highest BCUT2D eigenvalue weighted by Gasteiger charge is 2.12. The molecule has 2 amide bonds. The van der Waals surface area contributed by atoms with Crippen molar-refractivity contribution >= 4 is 6.03 Å². The molecule has 0 spiro atoms. The molecular formula is C19H36N2O. The Morgan fingerprint density at radius 1 is 0.864 bits per heavy atom. The lowest BCUT2D eigenvalue weighted by atomic mass is 9.97. The minimum absolute atomic E-state index is 0.0578. The third-order valence-corrected chi connectivity index (χ3v) is 4.24. The first-order valence-corrected chi connectivity index (χ1v) is 9.22. The van der Waals surface area contributed by atoms with Gasteiger partial charge in [0.25, 0.3) is 0 Å². The van der Waals surface area contributed by atoms with Crippen molar-refractivity contribution in [2.24, 2.45) is 5.41 Å². The molecular weight excluding hydrogens is 272 g/mol. The number of hydrogen-bond donors (Lipinski definition) is 2. The Hall–Kier alpha value is -0.990. The molecule has 0 aromatic rings. The lowest BCUT2D eigenvalue weighted by Crippen LogP contribution is -2.40. The molecule has 22 heavy (non-hydrogen) atoms. The van der Waals surface area contributed by atoms with Crippen LogP contribution in [0.25, 0.3) is 0 Å². The molecule has 0 saturated heterocycles. The van der Waals surface area contributed by atoms with Crippen LogP contribution in [0.5, 0.6) is 0 Å². The van der Waals surface area contributed by atoms with Crippen LogP contribution < -0.4 is 10.6 Å². The van der Waals surface area contributed by atoms with E-state index in [1.165, 1.54) is 57.8 Å². The molecule has 1 rings (SSSR count). The first-order chi connectivity index (χ1) is 10.5. The van der Waals surface area contributed by atoms with Crippen molar-refractivity contribution < 1.29 is 4.79 Å². The molecule has 0 aliphatic heterocycles. The minimum Gasteiger partial charge on any atom is -0.335 e. The van der Waals surface area contributed by atoms with Gasteiger partial charge in [0.05, 0.1) is 0 Å². The van der Waals surface area contributed by atoms with E-state index in [-0.39, 0.29) is 11.4 Å². The van der Waals surface area contributed by atoms with E-state index in [9.17, 15) is 4.79 Å². The highest BCUT2D eigenvalue weighted by molar-refractivity contribution is 5.75. The number of hydrogen-bond acceptors (Lipinski definition) is 1. The summed E-state index contributed by atoms with van der Waals surface area (Å²) in [6.45, 7) is 6.36. The second-order valence-corrected chi connectivity index (χ2v) is 7.77. The third kappa shape index (κ3) is 10.7. The Kier molecular flexibility index (Phi) is 9.26. The van der Waals surface area contributed by atoms with Gasteiger partial charge in [0.15, 0.2) is 0 Å². The van der Waals surface area contributed by atoms with E-state index in [0.29, 0.717) is 6.04 Å². The zero-order valence-corrected chi connectivity index (χ0v) is 14.9. The van der Waals surface area contributed by atoms with Crippen molar-refractivity contribution in [1.82, 2.24) is 10.6 Å². The predicted octanol–water partition coefficient (Wildman–Crippen LogP) is 5.52. The Morgan fingerprint density at radius 3 is 1.77 bits per heavy atom. The fourth-order valence-corrected chi connectivity index (χ4v) is 2.90. The summed E-state index contributed by atoms with van der Waals surface area (Å²) in [6.07, 6.45) is 18.0. The van der Waals surface area contributed by atoms with Crippen LogP contribution in [0.15, 0.2) is 12.3 Å². The quantitative estimate of drug-likeness (QED) is 0.693. The number of nitrogens with one attached hydrogen (secondary N) is 2. The number of carbonyl (C=O) groups is 1. The summed E-state index contributed by atoms with van der Waals surface area (Å²) in [4.78, 5) is 12.0. The summed E-state index contributed by atoms with van der Waals surface area (Å²) in [5.41, 5.74) is 0.0977. The summed E-state index contributed by atoms with van der Waals surface area (Å²) in [7, 11) is 0. The Labute approximate surface area is 137 Å². The molecule has 128 valence electrons. The molecule has 3 heteroatoms. The molecule has 1 aliphatic rings. The summed E-state index contributed by atoms with van der Waals surface area (Å²) in [5, 5.41) is 6.00. The first kappa shape index (κ1) is 19.1. The van der Waals surface area contributed by atoms with E-state index in [2.05, 4.69) is 31.4 Å². The zero-order valence-electron chi connectivity index (χ0n) is 14.9. The van der Waals surface area contributed by atoms with E-state index in [4.69, 9.17) is 0 Å². The fourth-order valence-electron chi connectivity index (χ4n) is 2.90. The number of urea groups is 1. The van der Waals surface area contributed by atoms with Gasteiger partial charge in [0.2, 0.25) is 0 Å². The maximum absolute atomic E-state index is 12.0. The largest absolute Gasteiger partial charge is 0.335 e. The van der Waals surface area contributed by atoms with E-state index < -0.39 is 0 Å². The van der Waals surface area contributed by atoms with Crippen molar-refractivity contribution in [3.05, 3.63) is 12.3 Å². The summed E-state index contributed by atoms with van der Waals surface area (Å²) >= 11 is 0. The molecule has 0 aromatic carbocycles. The van der Waals surface area contributed by atoms with Gasteiger partial charge >= 0.3 is 6.03 Å². The summed E-state index contributed by atoms with van der Waals surface area (Å²) in [5.74, 6) is 0. The summed E-state index contributed by atoms with van der Waals surface area (Å²) in [6, 6.07) is 0.278. The molecule has 0 atom stereocenters. The first-order valence-electron chi connectivity index (χ1n) is 9.22. The van der Waals surface area contributed by atoms with Gasteiger partial charge in [-0.2, -0.15) is 0 Å². The Morgan fingerprint density at radius 2 is 1.32 bits per heavy atom. The van der Waals surface area contributed by atoms with Crippen molar-refractivity contribution in [3.63, 3.8) is 0 Å². The predicted molar refractivity (Wildman–Crippen MR) is 94.8 cm³/mol. The number of allylic oxidation sites excluding steroid dienone is 1. The van der Waals surface area contributed by atoms with Crippen LogP contribution in [-0.2, 0) is 0 Å². The highest BCUT2D eigenvalue weighted by Crippen LogP contribution is 2.17. The van der Waals surface area contributed by atoms with Crippen LogP contribution in [0.2, 0.25) is 0 Å². The van der Waals surface area contributed by atoms with Crippen molar-refractivity contribution in [3.8, 4) is 0 Å². The highest BCUT2D eigenvalue weighted by atomic mass is 16.2. The van der Waals surface area contributed by atoms with Crippen molar-refractivity contribution in [2.45, 2.75) is 97.4 Å². The van der Waals surface area contributed by atoms with Gasteiger partial charge in [-0.1, -0.05) is 84.6 Å². The number of carbonyl (C=O) groups excluding carboxylic acids is 1. The van der Waals surface area contributed by atoms with Crippen LogP contribution >= 0.6 is 0 Å². The van der Waals surface area contributed by atoms with E-state index >= 15 is 0 Å². The fraction of sp³-hybridized carbons (Fsp3) is 0.842. The van der Waals surface area contributed by atoms with Gasteiger partial charge in [-0.15, -0.1) is 0 Å². The second kappa shape index (κ2) is 10.7. The van der Waals surface area contributed by atoms with Crippen molar-refractivity contribution in [1.29, 1.82) is 0 Å². The third-order valence-electron chi connectivity index (χ3n) is 4.24. The lowest BCUT2D eigenvalue weighted by molar-refractivity contribution is 0.237. The Bertz CT molecular complexity index is 319. The number of amides is 2. The molecule has 0 radical (unpaired) electrons. The minimum atomic E-state index is -0.0578. The van der Waals surface area contributed by atoms with E-state index in [0.717, 1.165) is 12.8 Å². The van der Waals surface area contributed by atoms with Gasteiger partial charge < -0.3 is 10.6 Å². The van der Waals surface area contributed by atoms with Crippen LogP contribution in [-0.4, -0.2) is 12.1 Å². The normalized spacial score (nSPS) is 20.1. The molecule has 3 nitrogen and oxygen atoms in total. The smallest absolute Gasteiger partial charge is 0.318 e. The van der Waals surface area contributed by atoms with E-state index in [1.54, 1.807) is 6.20 Å². The molecule has 0 bridgehead atoms. The molecule has 2 N–H and O–H groups in total. The maximum Gasteiger partial charge on any atom is 0.318 e. The van der Waals surface area contributed by atoms with Crippen molar-refractivity contribution in [2.75, 3.05) is 0 Å². The monoisotopic (exact) mass is 308 g/mol. The average molecular weight is 309 g/mol. The van der Waals surface area contributed by atoms with Crippen LogP contribution in [0.4, 0.5) is 4.79 Å². The van der Waals surface area contributed by atoms with Gasteiger partial charge in [0.1, 0.15) is 0 Å². The SMILES string of the molecule is CC(C)(C)/C=C/NC(=O)NC1CCCCCCCCCCC1. The maximum atomic E-state index is 12.0. The average Bonchev–Trinajstić information content (AvgIpc) is 2.40. The van der Waals surface area contributed by atoms with Crippen LogP contribution in [0.1, 0.15) is 91.4 Å². The molecule has 1 fully saturated rings. The van der Waals surface area contributed by atoms with Gasteiger partial charge in [-0.3, -0.25) is 0 Å². The zero-order chi connectivity index (χ0) is 16.3. The van der Waals surface area contributed by atoms with Crippen LogP contribution in [0, 0.1) is 5.41 Å². The number of rotatable bonds is 2. The van der Waals surface area contributed by atoms with Gasteiger partial charge in [-0.05, 0) is 18.3 Å². The molecule has 1 saturated carbocycles. The standard InChI is InChI=1S/C19H36N2O/c1-19(2,3)15-16-20-18(22)21-17-13-11-9-7-5-4-6-8-10-12-14-17/h15-17H,4-14H2,1-3H3,(H2,20,21,22)/b16-15+. The second-order valence-electron chi connectivity index (χ2n) is 7.77. The summed E-state index contributed by atoms with van der Waals surface area (Å²) < 4.78 is 0. The topological polar surface area (TPSA) is 41.1 Å². The molecule has 0 aromatic heterocycles. The molecule has 1 aliphatic carbocycles. The lowest BCUT2D eigenvalue weighted by Gasteiger charge is -2.19. The van der Waals surface area contributed by atoms with Gasteiger partial charge in [-0.25, -0.2) is 4.79 Å². The Balaban J connectivity index is 2.34. The van der Waals surface area contributed by atoms with Crippen LogP contribution in [0.3, 0.4) is 0 Å². The molecule has 0 heterocycles. The molecule has 0 unspecified atom stereocenters.